The van der Waals surface area contributed by atoms with Gasteiger partial charge in [-0.3, -0.25) is 9.78 Å². The Hall–Kier alpha value is -0.952. The number of allylic oxidation sites excluding steroid dienone is 1. The summed E-state index contributed by atoms with van der Waals surface area (Å²) in [4.78, 5) is 16.0. The summed E-state index contributed by atoms with van der Waals surface area (Å²) in [5.41, 5.74) is 0.943. The number of fused-ring (bicyclic) bond motifs is 1. The monoisotopic (exact) mass is 440 g/mol. The van der Waals surface area contributed by atoms with E-state index in [1.807, 2.05) is 19.1 Å². The fourth-order valence-corrected chi connectivity index (χ4v) is 3.43. The van der Waals surface area contributed by atoms with Gasteiger partial charge in [0, 0.05) is 27.0 Å². The maximum atomic E-state index is 11.8. The van der Waals surface area contributed by atoms with E-state index in [0.717, 1.165) is 25.0 Å². The van der Waals surface area contributed by atoms with Gasteiger partial charge in [0.2, 0.25) is 0 Å². The zero-order valence-electron chi connectivity index (χ0n) is 11.5. The van der Waals surface area contributed by atoms with Crippen molar-refractivity contribution >= 4 is 12.0 Å². The van der Waals surface area contributed by atoms with Gasteiger partial charge in [-0.2, -0.15) is 6.07 Å². The Morgan fingerprint density at radius 1 is 1.45 bits per heavy atom. The molecule has 0 N–H and O–H groups in total. The van der Waals surface area contributed by atoms with Gasteiger partial charge in [-0.1, -0.05) is 24.8 Å². The summed E-state index contributed by atoms with van der Waals surface area (Å²) in [6.45, 7) is 2.02. The number of ether oxygens (including phenoxy) is 1. The van der Waals surface area contributed by atoms with E-state index < -0.39 is 0 Å². The molecule has 0 amide bonds. The Balaban J connectivity index is 0.00000147. The molecule has 20 heavy (non-hydrogen) atoms. The zero-order chi connectivity index (χ0) is 13.2. The van der Waals surface area contributed by atoms with Crippen LogP contribution in [0.4, 0.5) is 0 Å². The Kier molecular flexibility index (Phi) is 5.15. The van der Waals surface area contributed by atoms with Crippen molar-refractivity contribution < 1.29 is 30.6 Å². The maximum Gasteiger partial charge on any atom is 0.309 e. The minimum Gasteiger partial charge on any atom is -0.462 e. The molecule has 1 aliphatic carbocycles. The number of hydrogen-bond acceptors (Lipinski definition) is 3. The largest absolute Gasteiger partial charge is 0.462 e. The van der Waals surface area contributed by atoms with E-state index in [2.05, 4.69) is 23.2 Å². The molecule has 1 aliphatic heterocycles. The number of hydrogen-bond donors (Lipinski definition) is 0. The normalized spacial score (nSPS) is 32.5. The molecular formula is C16H18NO2W-. The number of carbonyl (C=O) groups excluding carboxylic acids is 1. The molecular weight excluding hydrogens is 422 g/mol. The quantitative estimate of drug-likeness (QED) is 0.525. The Labute approximate surface area is 134 Å². The average Bonchev–Trinajstić information content (AvgIpc) is 2.74. The summed E-state index contributed by atoms with van der Waals surface area (Å²) < 4.78 is 5.40. The molecule has 0 bridgehead atoms. The Bertz CT molecular complexity index is 489. The fraction of sp³-hybridized carbons (Fsp3) is 0.500. The van der Waals surface area contributed by atoms with Crippen LogP contribution in [-0.2, 0) is 30.6 Å². The van der Waals surface area contributed by atoms with Crippen molar-refractivity contribution in [3.8, 4) is 0 Å². The predicted molar refractivity (Wildman–Crippen MR) is 72.0 cm³/mol. The first-order valence-electron chi connectivity index (χ1n) is 6.96. The Morgan fingerprint density at radius 3 is 3.05 bits per heavy atom. The van der Waals surface area contributed by atoms with E-state index in [9.17, 15) is 4.79 Å². The number of cyclic esters (lactones) is 1. The molecule has 0 unspecified atom stereocenters. The third kappa shape index (κ3) is 3.03. The van der Waals surface area contributed by atoms with Crippen LogP contribution in [0.2, 0.25) is 0 Å². The number of rotatable bonds is 2. The topological polar surface area (TPSA) is 39.2 Å². The maximum absolute atomic E-state index is 11.8. The van der Waals surface area contributed by atoms with Crippen LogP contribution < -0.4 is 0 Å². The summed E-state index contributed by atoms with van der Waals surface area (Å²) in [5, 5.41) is 0. The van der Waals surface area contributed by atoms with Gasteiger partial charge in [-0.05, 0) is 31.4 Å². The summed E-state index contributed by atoms with van der Waals surface area (Å²) in [5.74, 6) is 0.873. The standard InChI is InChI=1S/C16H18NO2.W/c1-11-15-12(5-4-7-14(15)16(18)19-11)8-9-13-6-2-3-10-17-13;/h2,6,8-12,14-15H,4-5,7H2,1H3;/q-1;/b9-8+;/t11-,12-,14-,15+;/m1./s1. The van der Waals surface area contributed by atoms with Crippen molar-refractivity contribution in [2.75, 3.05) is 0 Å². The van der Waals surface area contributed by atoms with Gasteiger partial charge in [0.05, 0.1) is 5.92 Å². The van der Waals surface area contributed by atoms with Crippen LogP contribution in [0.15, 0.2) is 24.4 Å². The molecule has 0 aromatic carbocycles. The molecule has 3 nitrogen and oxygen atoms in total. The molecule has 2 aliphatic rings. The molecule has 1 saturated heterocycles. The first-order valence-corrected chi connectivity index (χ1v) is 6.96. The van der Waals surface area contributed by atoms with E-state index in [-0.39, 0.29) is 39.1 Å². The molecule has 0 radical (unpaired) electrons. The smallest absolute Gasteiger partial charge is 0.309 e. The van der Waals surface area contributed by atoms with Crippen LogP contribution >= 0.6 is 0 Å². The SMILES string of the molecule is C[C@H]1OC(=O)[C@@H]2CCC[C@H](/C=C/c3cc[c-]cn3)[C@H]12.[W]. The van der Waals surface area contributed by atoms with Crippen LogP contribution in [0.5, 0.6) is 0 Å². The summed E-state index contributed by atoms with van der Waals surface area (Å²) in [6.07, 6.45) is 9.20. The second-order valence-corrected chi connectivity index (χ2v) is 5.46. The molecule has 2 heterocycles. The van der Waals surface area contributed by atoms with Gasteiger partial charge in [0.15, 0.2) is 0 Å². The second-order valence-electron chi connectivity index (χ2n) is 5.46. The second kappa shape index (κ2) is 6.67. The van der Waals surface area contributed by atoms with Crippen molar-refractivity contribution in [1.29, 1.82) is 0 Å². The van der Waals surface area contributed by atoms with Crippen LogP contribution in [0.25, 0.3) is 6.08 Å². The van der Waals surface area contributed by atoms with Crippen molar-refractivity contribution in [2.45, 2.75) is 32.3 Å². The third-order valence-corrected chi connectivity index (χ3v) is 4.31. The minimum absolute atomic E-state index is 0. The van der Waals surface area contributed by atoms with Crippen molar-refractivity contribution in [3.05, 3.63) is 36.2 Å². The van der Waals surface area contributed by atoms with Gasteiger partial charge < -0.3 is 4.74 Å². The molecule has 3 rings (SSSR count). The molecule has 106 valence electrons. The third-order valence-electron chi connectivity index (χ3n) is 4.31. The number of carbonyl (C=O) groups is 1. The molecule has 0 spiro atoms. The van der Waals surface area contributed by atoms with Gasteiger partial charge in [0.25, 0.3) is 0 Å². The van der Waals surface area contributed by atoms with E-state index >= 15 is 0 Å². The number of esters is 1. The molecule has 2 fully saturated rings. The number of pyridine rings is 1. The fourth-order valence-electron chi connectivity index (χ4n) is 3.43. The van der Waals surface area contributed by atoms with Crippen molar-refractivity contribution in [1.82, 2.24) is 4.98 Å². The minimum atomic E-state index is 0. The Morgan fingerprint density at radius 2 is 2.30 bits per heavy atom. The summed E-state index contributed by atoms with van der Waals surface area (Å²) >= 11 is 0. The molecule has 1 aromatic heterocycles. The van der Waals surface area contributed by atoms with E-state index in [1.165, 1.54) is 0 Å². The summed E-state index contributed by atoms with van der Waals surface area (Å²) in [7, 11) is 0. The van der Waals surface area contributed by atoms with Crippen LogP contribution in [-0.4, -0.2) is 17.1 Å². The molecule has 1 saturated carbocycles. The predicted octanol–water partition coefficient (Wildman–Crippen LogP) is 2.87. The van der Waals surface area contributed by atoms with Crippen molar-refractivity contribution in [2.24, 2.45) is 17.8 Å². The van der Waals surface area contributed by atoms with Gasteiger partial charge in [0.1, 0.15) is 6.10 Å². The molecule has 4 heteroatoms. The first-order chi connectivity index (χ1) is 9.25. The van der Waals surface area contributed by atoms with Crippen LogP contribution in [0.3, 0.4) is 0 Å². The van der Waals surface area contributed by atoms with E-state index in [1.54, 1.807) is 6.20 Å². The van der Waals surface area contributed by atoms with Crippen LogP contribution in [0, 0.1) is 23.8 Å². The first kappa shape index (κ1) is 15.4. The van der Waals surface area contributed by atoms with Crippen LogP contribution in [0.1, 0.15) is 31.9 Å². The molecule has 1 aromatic rings. The van der Waals surface area contributed by atoms with Gasteiger partial charge >= 0.3 is 5.97 Å². The summed E-state index contributed by atoms with van der Waals surface area (Å²) in [6, 6.07) is 6.71. The van der Waals surface area contributed by atoms with E-state index in [4.69, 9.17) is 4.74 Å². The number of nitrogens with zero attached hydrogens (tertiary/aromatic N) is 1. The number of aromatic nitrogens is 1. The van der Waals surface area contributed by atoms with Crippen molar-refractivity contribution in [3.63, 3.8) is 0 Å². The van der Waals surface area contributed by atoms with Gasteiger partial charge in [-0.25, -0.2) is 12.1 Å². The molecule has 4 atom stereocenters. The van der Waals surface area contributed by atoms with E-state index in [0.29, 0.717) is 11.8 Å². The van der Waals surface area contributed by atoms with Gasteiger partial charge in [-0.15, -0.1) is 0 Å². The zero-order valence-corrected chi connectivity index (χ0v) is 14.4. The average molecular weight is 440 g/mol.